The summed E-state index contributed by atoms with van der Waals surface area (Å²) in [6.45, 7) is 9.78. The molecule has 1 aromatic rings. The highest BCUT2D eigenvalue weighted by Gasteiger charge is 2.22. The minimum atomic E-state index is -0.392. The zero-order valence-corrected chi connectivity index (χ0v) is 10.7. The molecule has 0 atom stereocenters. The normalized spacial score (nSPS) is 11.3. The molecule has 1 rings (SSSR count). The van der Waals surface area contributed by atoms with Gasteiger partial charge < -0.3 is 5.32 Å². The second kappa shape index (κ2) is 4.64. The second-order valence-corrected chi connectivity index (χ2v) is 5.01. The van der Waals surface area contributed by atoms with Crippen molar-refractivity contribution < 1.29 is 4.79 Å². The minimum Gasteiger partial charge on any atom is -0.310 e. The van der Waals surface area contributed by atoms with Crippen LogP contribution in [0.25, 0.3) is 0 Å². The van der Waals surface area contributed by atoms with Crippen molar-refractivity contribution >= 4 is 11.7 Å². The summed E-state index contributed by atoms with van der Waals surface area (Å²) >= 11 is 0. The first-order chi connectivity index (χ1) is 7.36. The number of anilines is 1. The number of pyridine rings is 1. The molecule has 0 aromatic carbocycles. The molecule has 1 amide bonds. The van der Waals surface area contributed by atoms with Gasteiger partial charge in [0.25, 0.3) is 0 Å². The largest absolute Gasteiger partial charge is 0.310 e. The number of nitrogens with one attached hydrogen (secondary N) is 1. The molecular formula is C13H20N2O. The van der Waals surface area contributed by atoms with E-state index in [9.17, 15) is 4.79 Å². The third-order valence-corrected chi connectivity index (χ3v) is 2.56. The fourth-order valence-corrected chi connectivity index (χ4v) is 1.44. The maximum Gasteiger partial charge on any atom is 0.230 e. The van der Waals surface area contributed by atoms with Gasteiger partial charge in [-0.2, -0.15) is 0 Å². The van der Waals surface area contributed by atoms with Gasteiger partial charge in [-0.3, -0.25) is 4.79 Å². The van der Waals surface area contributed by atoms with Gasteiger partial charge in [0.2, 0.25) is 5.91 Å². The standard InChI is InChI=1S/C13H20N2O/c1-6-10-9(2)7-8-14-11(10)15-12(16)13(3,4)5/h7-8H,6H2,1-5H3,(H,14,15,16). The van der Waals surface area contributed by atoms with E-state index in [0.29, 0.717) is 5.82 Å². The van der Waals surface area contributed by atoms with Gasteiger partial charge in [-0.15, -0.1) is 0 Å². The van der Waals surface area contributed by atoms with Crippen LogP contribution in [0.1, 0.15) is 38.8 Å². The molecule has 0 fully saturated rings. The third kappa shape index (κ3) is 2.81. The number of nitrogens with zero attached hydrogens (tertiary/aromatic N) is 1. The lowest BCUT2D eigenvalue weighted by molar-refractivity contribution is -0.123. The summed E-state index contributed by atoms with van der Waals surface area (Å²) < 4.78 is 0. The van der Waals surface area contributed by atoms with Crippen LogP contribution in [0.2, 0.25) is 0 Å². The molecule has 1 aromatic heterocycles. The quantitative estimate of drug-likeness (QED) is 0.832. The second-order valence-electron chi connectivity index (χ2n) is 5.01. The van der Waals surface area contributed by atoms with E-state index in [1.807, 2.05) is 33.8 Å². The van der Waals surface area contributed by atoms with Gasteiger partial charge in [-0.05, 0) is 30.5 Å². The Kier molecular flexibility index (Phi) is 3.68. The SMILES string of the molecule is CCc1c(C)ccnc1NC(=O)C(C)(C)C. The van der Waals surface area contributed by atoms with Crippen LogP contribution in [0.4, 0.5) is 5.82 Å². The average Bonchev–Trinajstić information content (AvgIpc) is 2.16. The number of hydrogen-bond acceptors (Lipinski definition) is 2. The number of carbonyl (C=O) groups excluding carboxylic acids is 1. The molecule has 0 aliphatic carbocycles. The van der Waals surface area contributed by atoms with Gasteiger partial charge in [0, 0.05) is 11.6 Å². The molecule has 0 saturated heterocycles. The monoisotopic (exact) mass is 220 g/mol. The molecule has 0 spiro atoms. The lowest BCUT2D eigenvalue weighted by atomic mass is 9.95. The van der Waals surface area contributed by atoms with Crippen molar-refractivity contribution in [3.8, 4) is 0 Å². The van der Waals surface area contributed by atoms with Crippen LogP contribution in [-0.4, -0.2) is 10.9 Å². The maximum atomic E-state index is 11.9. The van der Waals surface area contributed by atoms with E-state index >= 15 is 0 Å². The molecule has 0 aliphatic rings. The summed E-state index contributed by atoms with van der Waals surface area (Å²) in [7, 11) is 0. The molecule has 3 nitrogen and oxygen atoms in total. The van der Waals surface area contributed by atoms with Crippen LogP contribution in [0.5, 0.6) is 0 Å². The molecule has 1 N–H and O–H groups in total. The van der Waals surface area contributed by atoms with Crippen molar-refractivity contribution in [3.63, 3.8) is 0 Å². The molecule has 1 heterocycles. The number of hydrogen-bond donors (Lipinski definition) is 1. The van der Waals surface area contributed by atoms with E-state index in [0.717, 1.165) is 12.0 Å². The minimum absolute atomic E-state index is 0.000278. The number of carbonyl (C=O) groups is 1. The first-order valence-corrected chi connectivity index (χ1v) is 5.62. The Labute approximate surface area is 97.3 Å². The summed E-state index contributed by atoms with van der Waals surface area (Å²) in [5.74, 6) is 0.697. The van der Waals surface area contributed by atoms with Gasteiger partial charge in [-0.25, -0.2) is 4.98 Å². The summed E-state index contributed by atoms with van der Waals surface area (Å²) in [5, 5.41) is 2.89. The van der Waals surface area contributed by atoms with Crippen LogP contribution in [-0.2, 0) is 11.2 Å². The zero-order valence-electron chi connectivity index (χ0n) is 10.7. The third-order valence-electron chi connectivity index (χ3n) is 2.56. The molecule has 0 saturated carbocycles. The smallest absolute Gasteiger partial charge is 0.230 e. The highest BCUT2D eigenvalue weighted by molar-refractivity contribution is 5.94. The van der Waals surface area contributed by atoms with Crippen molar-refractivity contribution in [2.45, 2.75) is 41.0 Å². The Balaban J connectivity index is 2.98. The zero-order chi connectivity index (χ0) is 12.3. The summed E-state index contributed by atoms with van der Waals surface area (Å²) in [6.07, 6.45) is 2.60. The molecular weight excluding hydrogens is 200 g/mol. The van der Waals surface area contributed by atoms with E-state index in [1.54, 1.807) is 6.20 Å². The van der Waals surface area contributed by atoms with Crippen molar-refractivity contribution in [1.82, 2.24) is 4.98 Å². The van der Waals surface area contributed by atoms with Gasteiger partial charge in [0.15, 0.2) is 0 Å². The molecule has 0 radical (unpaired) electrons. The summed E-state index contributed by atoms with van der Waals surface area (Å²) in [4.78, 5) is 16.1. The summed E-state index contributed by atoms with van der Waals surface area (Å²) in [5.41, 5.74) is 1.89. The van der Waals surface area contributed by atoms with E-state index in [4.69, 9.17) is 0 Å². The average molecular weight is 220 g/mol. The van der Waals surface area contributed by atoms with Gasteiger partial charge in [-0.1, -0.05) is 27.7 Å². The van der Waals surface area contributed by atoms with Crippen LogP contribution in [0.3, 0.4) is 0 Å². The molecule has 16 heavy (non-hydrogen) atoms. The molecule has 3 heteroatoms. The first kappa shape index (κ1) is 12.7. The molecule has 0 bridgehead atoms. The lowest BCUT2D eigenvalue weighted by Gasteiger charge is -2.19. The number of amides is 1. The van der Waals surface area contributed by atoms with Crippen molar-refractivity contribution in [2.24, 2.45) is 5.41 Å². The fourth-order valence-electron chi connectivity index (χ4n) is 1.44. The van der Waals surface area contributed by atoms with E-state index in [2.05, 4.69) is 17.2 Å². The Bertz CT molecular complexity index is 391. The predicted octanol–water partition coefficient (Wildman–Crippen LogP) is 2.94. The van der Waals surface area contributed by atoms with Crippen molar-refractivity contribution in [3.05, 3.63) is 23.4 Å². The Hall–Kier alpha value is -1.38. The number of aromatic nitrogens is 1. The first-order valence-electron chi connectivity index (χ1n) is 5.62. The van der Waals surface area contributed by atoms with Crippen LogP contribution >= 0.6 is 0 Å². The van der Waals surface area contributed by atoms with Gasteiger partial charge in [0.05, 0.1) is 0 Å². The highest BCUT2D eigenvalue weighted by atomic mass is 16.2. The van der Waals surface area contributed by atoms with Crippen LogP contribution < -0.4 is 5.32 Å². The van der Waals surface area contributed by atoms with E-state index in [-0.39, 0.29) is 5.91 Å². The van der Waals surface area contributed by atoms with Gasteiger partial charge >= 0.3 is 0 Å². The molecule has 0 unspecified atom stereocenters. The maximum absolute atomic E-state index is 11.9. The Morgan fingerprint density at radius 3 is 2.56 bits per heavy atom. The van der Waals surface area contributed by atoms with Crippen LogP contribution in [0.15, 0.2) is 12.3 Å². The molecule has 88 valence electrons. The van der Waals surface area contributed by atoms with Crippen molar-refractivity contribution in [2.75, 3.05) is 5.32 Å². The number of aryl methyl sites for hydroxylation is 1. The topological polar surface area (TPSA) is 42.0 Å². The highest BCUT2D eigenvalue weighted by Crippen LogP contribution is 2.21. The Morgan fingerprint density at radius 1 is 1.44 bits per heavy atom. The van der Waals surface area contributed by atoms with E-state index < -0.39 is 5.41 Å². The number of rotatable bonds is 2. The predicted molar refractivity (Wildman–Crippen MR) is 66.4 cm³/mol. The van der Waals surface area contributed by atoms with E-state index in [1.165, 1.54) is 5.56 Å². The summed E-state index contributed by atoms with van der Waals surface area (Å²) in [6, 6.07) is 1.96. The molecule has 0 aliphatic heterocycles. The fraction of sp³-hybridized carbons (Fsp3) is 0.538. The van der Waals surface area contributed by atoms with Crippen molar-refractivity contribution in [1.29, 1.82) is 0 Å². The van der Waals surface area contributed by atoms with Gasteiger partial charge in [0.1, 0.15) is 5.82 Å². The Morgan fingerprint density at radius 2 is 2.06 bits per heavy atom. The lowest BCUT2D eigenvalue weighted by Crippen LogP contribution is -2.28. The van der Waals surface area contributed by atoms with Crippen LogP contribution in [0, 0.1) is 12.3 Å².